The predicted molar refractivity (Wildman–Crippen MR) is 77.1 cm³/mol. The molecule has 0 aliphatic carbocycles. The van der Waals surface area contributed by atoms with E-state index in [0.29, 0.717) is 6.04 Å². The molecule has 2 fully saturated rings. The van der Waals surface area contributed by atoms with Gasteiger partial charge in [0.05, 0.1) is 12.0 Å². The van der Waals surface area contributed by atoms with Crippen LogP contribution in [0.2, 0.25) is 0 Å². The topological polar surface area (TPSA) is 30.3 Å². The number of nitrogens with zero attached hydrogens (tertiary/aromatic N) is 3. The molecule has 1 aromatic rings. The van der Waals surface area contributed by atoms with Gasteiger partial charge in [-0.3, -0.25) is 4.90 Å². The van der Waals surface area contributed by atoms with Gasteiger partial charge in [0.15, 0.2) is 0 Å². The number of anilines is 1. The van der Waals surface area contributed by atoms with Gasteiger partial charge in [-0.05, 0) is 38.4 Å². The van der Waals surface area contributed by atoms with Crippen molar-refractivity contribution < 1.29 is 0 Å². The highest BCUT2D eigenvalue weighted by Gasteiger charge is 2.32. The van der Waals surface area contributed by atoms with Crippen LogP contribution in [0.4, 0.5) is 5.69 Å². The van der Waals surface area contributed by atoms with Gasteiger partial charge in [0.2, 0.25) is 0 Å². The Balaban J connectivity index is 1.61. The lowest BCUT2D eigenvalue weighted by molar-refractivity contribution is 0.255. The number of likely N-dealkylation sites (tertiary alicyclic amines) is 1. The first kappa shape index (κ1) is 12.5. The fourth-order valence-corrected chi connectivity index (χ4v) is 3.25. The molecule has 2 atom stereocenters. The van der Waals surface area contributed by atoms with E-state index in [1.807, 2.05) is 0 Å². The molecule has 0 saturated carbocycles. The molecule has 19 heavy (non-hydrogen) atoms. The van der Waals surface area contributed by atoms with E-state index < -0.39 is 0 Å². The Labute approximate surface area is 115 Å². The van der Waals surface area contributed by atoms with Crippen molar-refractivity contribution in [2.75, 3.05) is 31.1 Å². The van der Waals surface area contributed by atoms with Crippen LogP contribution in [0.15, 0.2) is 24.3 Å². The van der Waals surface area contributed by atoms with Gasteiger partial charge in [0, 0.05) is 31.4 Å². The van der Waals surface area contributed by atoms with E-state index in [0.717, 1.165) is 32.6 Å². The average Bonchev–Trinajstić information content (AvgIpc) is 3.08. The van der Waals surface area contributed by atoms with E-state index in [1.165, 1.54) is 17.7 Å². The Bertz CT molecular complexity index is 474. The minimum atomic E-state index is 0.258. The Morgan fingerprint density at radius 1 is 1.11 bits per heavy atom. The van der Waals surface area contributed by atoms with Crippen LogP contribution < -0.4 is 4.90 Å². The highest BCUT2D eigenvalue weighted by atomic mass is 15.3. The van der Waals surface area contributed by atoms with Gasteiger partial charge in [-0.2, -0.15) is 5.26 Å². The Morgan fingerprint density at radius 3 is 2.58 bits per heavy atom. The van der Waals surface area contributed by atoms with E-state index in [4.69, 9.17) is 5.26 Å². The van der Waals surface area contributed by atoms with Gasteiger partial charge in [-0.15, -0.1) is 0 Å². The van der Waals surface area contributed by atoms with Crippen molar-refractivity contribution in [2.24, 2.45) is 5.92 Å². The molecule has 0 aromatic heterocycles. The summed E-state index contributed by atoms with van der Waals surface area (Å²) in [6.07, 6.45) is 2.28. The van der Waals surface area contributed by atoms with E-state index in [9.17, 15) is 0 Å². The van der Waals surface area contributed by atoms with Gasteiger partial charge in [0.1, 0.15) is 0 Å². The van der Waals surface area contributed by atoms with Crippen LogP contribution in [0.1, 0.15) is 18.4 Å². The normalized spacial score (nSPS) is 27.7. The molecule has 2 aliphatic rings. The molecule has 3 nitrogen and oxygen atoms in total. The second-order valence-corrected chi connectivity index (χ2v) is 5.83. The van der Waals surface area contributed by atoms with E-state index in [1.54, 1.807) is 0 Å². The van der Waals surface area contributed by atoms with Crippen molar-refractivity contribution in [3.63, 3.8) is 0 Å². The molecule has 0 radical (unpaired) electrons. The number of hydrogen-bond acceptors (Lipinski definition) is 3. The van der Waals surface area contributed by atoms with Crippen molar-refractivity contribution >= 4 is 5.69 Å². The number of nitriles is 1. The van der Waals surface area contributed by atoms with Crippen LogP contribution in [-0.2, 0) is 0 Å². The summed E-state index contributed by atoms with van der Waals surface area (Å²) in [5, 5.41) is 9.00. The summed E-state index contributed by atoms with van der Waals surface area (Å²) in [4.78, 5) is 4.99. The monoisotopic (exact) mass is 255 g/mol. The molecular weight excluding hydrogens is 234 g/mol. The van der Waals surface area contributed by atoms with E-state index >= 15 is 0 Å². The van der Waals surface area contributed by atoms with Crippen LogP contribution in [0.5, 0.6) is 0 Å². The quantitative estimate of drug-likeness (QED) is 0.813. The Hall–Kier alpha value is -1.53. The van der Waals surface area contributed by atoms with E-state index in [2.05, 4.69) is 47.1 Å². The molecule has 2 aliphatic heterocycles. The second-order valence-electron chi connectivity index (χ2n) is 5.83. The summed E-state index contributed by atoms with van der Waals surface area (Å²) >= 11 is 0. The summed E-state index contributed by atoms with van der Waals surface area (Å²) in [5.74, 6) is 0.258. The molecule has 0 N–H and O–H groups in total. The lowest BCUT2D eigenvalue weighted by Crippen LogP contribution is -2.35. The fourth-order valence-electron chi connectivity index (χ4n) is 3.25. The molecule has 2 heterocycles. The van der Waals surface area contributed by atoms with Crippen LogP contribution in [0.3, 0.4) is 0 Å². The van der Waals surface area contributed by atoms with Crippen molar-refractivity contribution in [2.45, 2.75) is 25.8 Å². The second kappa shape index (κ2) is 5.22. The number of rotatable bonds is 2. The van der Waals surface area contributed by atoms with E-state index in [-0.39, 0.29) is 5.92 Å². The molecule has 2 saturated heterocycles. The first-order chi connectivity index (χ1) is 9.26. The molecule has 3 heteroatoms. The van der Waals surface area contributed by atoms with Crippen molar-refractivity contribution in [3.8, 4) is 6.07 Å². The number of aryl methyl sites for hydroxylation is 1. The average molecular weight is 255 g/mol. The van der Waals surface area contributed by atoms with Crippen molar-refractivity contribution in [3.05, 3.63) is 29.8 Å². The Kier molecular flexibility index (Phi) is 3.44. The summed E-state index contributed by atoms with van der Waals surface area (Å²) < 4.78 is 0. The highest BCUT2D eigenvalue weighted by molar-refractivity contribution is 5.48. The van der Waals surface area contributed by atoms with Gasteiger partial charge in [0.25, 0.3) is 0 Å². The first-order valence-electron chi connectivity index (χ1n) is 7.21. The van der Waals surface area contributed by atoms with Gasteiger partial charge in [-0.25, -0.2) is 0 Å². The molecule has 0 amide bonds. The van der Waals surface area contributed by atoms with Crippen molar-refractivity contribution in [1.29, 1.82) is 5.26 Å². The van der Waals surface area contributed by atoms with Crippen LogP contribution >= 0.6 is 0 Å². The molecule has 2 unspecified atom stereocenters. The molecular formula is C16H21N3. The minimum absolute atomic E-state index is 0.258. The summed E-state index contributed by atoms with van der Waals surface area (Å²) in [7, 11) is 0. The summed E-state index contributed by atoms with van der Waals surface area (Å²) in [5.41, 5.74) is 2.65. The first-order valence-corrected chi connectivity index (χ1v) is 7.21. The standard InChI is InChI=1S/C16H21N3/c1-13-2-4-15(5-3-13)19-9-7-16(12-19)18-8-6-14(10-17)11-18/h2-5,14,16H,6-9,11-12H2,1H3. The van der Waals surface area contributed by atoms with Crippen LogP contribution in [0.25, 0.3) is 0 Å². The maximum Gasteiger partial charge on any atom is 0.0669 e. The predicted octanol–water partition coefficient (Wildman–Crippen LogP) is 2.42. The van der Waals surface area contributed by atoms with Crippen LogP contribution in [0, 0.1) is 24.2 Å². The van der Waals surface area contributed by atoms with Crippen molar-refractivity contribution in [1.82, 2.24) is 4.90 Å². The largest absolute Gasteiger partial charge is 0.370 e. The van der Waals surface area contributed by atoms with Crippen LogP contribution in [-0.4, -0.2) is 37.1 Å². The third-order valence-electron chi connectivity index (χ3n) is 4.48. The summed E-state index contributed by atoms with van der Waals surface area (Å²) in [6.45, 7) is 6.46. The molecule has 0 bridgehead atoms. The molecule has 0 spiro atoms. The molecule has 3 rings (SSSR count). The maximum atomic E-state index is 9.00. The minimum Gasteiger partial charge on any atom is -0.370 e. The zero-order valence-corrected chi connectivity index (χ0v) is 11.5. The molecule has 100 valence electrons. The third-order valence-corrected chi connectivity index (χ3v) is 4.48. The lowest BCUT2D eigenvalue weighted by atomic mass is 10.1. The highest BCUT2D eigenvalue weighted by Crippen LogP contribution is 2.26. The van der Waals surface area contributed by atoms with Gasteiger partial charge >= 0.3 is 0 Å². The SMILES string of the molecule is Cc1ccc(N2CCC(N3CCC(C#N)C3)C2)cc1. The smallest absolute Gasteiger partial charge is 0.0669 e. The van der Waals surface area contributed by atoms with Gasteiger partial charge < -0.3 is 4.90 Å². The third kappa shape index (κ3) is 2.59. The van der Waals surface area contributed by atoms with Gasteiger partial charge in [-0.1, -0.05) is 17.7 Å². The number of hydrogen-bond donors (Lipinski definition) is 0. The number of benzene rings is 1. The molecule has 1 aromatic carbocycles. The zero-order valence-electron chi connectivity index (χ0n) is 11.5. The summed E-state index contributed by atoms with van der Waals surface area (Å²) in [6, 6.07) is 11.9. The fraction of sp³-hybridized carbons (Fsp3) is 0.562. The zero-order chi connectivity index (χ0) is 13.2. The maximum absolute atomic E-state index is 9.00. The Morgan fingerprint density at radius 2 is 1.89 bits per heavy atom. The lowest BCUT2D eigenvalue weighted by Gasteiger charge is -2.24.